The predicted octanol–water partition coefficient (Wildman–Crippen LogP) is 1.78. The molecule has 1 unspecified atom stereocenters. The number of aryl methyl sites for hydroxylation is 1. The van der Waals surface area contributed by atoms with E-state index in [4.69, 9.17) is 16.3 Å². The summed E-state index contributed by atoms with van der Waals surface area (Å²) >= 11 is 7.37. The fraction of sp³-hybridized carbons (Fsp3) is 0.600. The van der Waals surface area contributed by atoms with E-state index in [2.05, 4.69) is 4.98 Å². The van der Waals surface area contributed by atoms with E-state index < -0.39 is 0 Å². The van der Waals surface area contributed by atoms with Crippen molar-refractivity contribution in [1.29, 1.82) is 0 Å². The number of amides is 1. The fourth-order valence-electron chi connectivity index (χ4n) is 1.26. The van der Waals surface area contributed by atoms with Crippen molar-refractivity contribution in [3.63, 3.8) is 0 Å². The Balaban J connectivity index is 2.54. The van der Waals surface area contributed by atoms with Crippen LogP contribution in [-0.2, 0) is 4.74 Å². The topological polar surface area (TPSA) is 42.4 Å². The van der Waals surface area contributed by atoms with Crippen molar-refractivity contribution in [1.82, 2.24) is 9.88 Å². The predicted molar refractivity (Wildman–Crippen MR) is 65.3 cm³/mol. The highest BCUT2D eigenvalue weighted by atomic mass is 35.5. The van der Waals surface area contributed by atoms with E-state index in [-0.39, 0.29) is 11.3 Å². The van der Waals surface area contributed by atoms with Crippen LogP contribution in [0.15, 0.2) is 6.20 Å². The quantitative estimate of drug-likeness (QED) is 0.760. The summed E-state index contributed by atoms with van der Waals surface area (Å²) < 4.78 is 4.91. The van der Waals surface area contributed by atoms with Crippen LogP contribution >= 0.6 is 22.9 Å². The Labute approximate surface area is 104 Å². The van der Waals surface area contributed by atoms with Gasteiger partial charge in [-0.15, -0.1) is 22.9 Å². The Morgan fingerprint density at radius 3 is 2.94 bits per heavy atom. The Kier molecular flexibility index (Phi) is 5.18. The van der Waals surface area contributed by atoms with E-state index in [1.165, 1.54) is 11.3 Å². The molecule has 0 fully saturated rings. The van der Waals surface area contributed by atoms with Gasteiger partial charge in [0.05, 0.1) is 23.2 Å². The molecule has 0 radical (unpaired) electrons. The zero-order valence-electron chi connectivity index (χ0n) is 9.57. The second-order valence-corrected chi connectivity index (χ2v) is 5.33. The number of carbonyl (C=O) groups is 1. The van der Waals surface area contributed by atoms with Crippen molar-refractivity contribution in [3.05, 3.63) is 16.1 Å². The molecule has 1 atom stereocenters. The second kappa shape index (κ2) is 6.18. The lowest BCUT2D eigenvalue weighted by atomic mass is 10.3. The Bertz CT molecular complexity index is 356. The van der Waals surface area contributed by atoms with Gasteiger partial charge in [-0.1, -0.05) is 0 Å². The number of thiazole rings is 1. The first-order valence-electron chi connectivity index (χ1n) is 4.85. The molecule has 0 aliphatic heterocycles. The molecule has 16 heavy (non-hydrogen) atoms. The van der Waals surface area contributed by atoms with Gasteiger partial charge in [0.1, 0.15) is 4.88 Å². The van der Waals surface area contributed by atoms with Crippen molar-refractivity contribution in [2.45, 2.75) is 12.3 Å². The SMILES string of the molecule is COCC(Cl)CN(C)C(=O)c1cnc(C)s1. The van der Waals surface area contributed by atoms with Gasteiger partial charge in [-0.2, -0.15) is 0 Å². The number of nitrogens with zero attached hydrogens (tertiary/aromatic N) is 2. The highest BCUT2D eigenvalue weighted by molar-refractivity contribution is 7.13. The number of ether oxygens (including phenoxy) is 1. The minimum Gasteiger partial charge on any atom is -0.383 e. The van der Waals surface area contributed by atoms with Crippen molar-refractivity contribution >= 4 is 28.8 Å². The van der Waals surface area contributed by atoms with Crippen molar-refractivity contribution in [2.24, 2.45) is 0 Å². The van der Waals surface area contributed by atoms with Crippen molar-refractivity contribution in [2.75, 3.05) is 27.3 Å². The van der Waals surface area contributed by atoms with Crippen LogP contribution in [0.1, 0.15) is 14.7 Å². The summed E-state index contributed by atoms with van der Waals surface area (Å²) in [5.41, 5.74) is 0. The van der Waals surface area contributed by atoms with Gasteiger partial charge in [0, 0.05) is 20.7 Å². The lowest BCUT2D eigenvalue weighted by Gasteiger charge is -2.19. The number of methoxy groups -OCH3 is 1. The molecule has 0 N–H and O–H groups in total. The molecule has 1 aromatic heterocycles. The van der Waals surface area contributed by atoms with Crippen LogP contribution in [0, 0.1) is 6.92 Å². The van der Waals surface area contributed by atoms with E-state index in [0.29, 0.717) is 18.0 Å². The average molecular weight is 263 g/mol. The highest BCUT2D eigenvalue weighted by Crippen LogP contribution is 2.14. The van der Waals surface area contributed by atoms with Crippen LogP contribution in [-0.4, -0.2) is 48.5 Å². The lowest BCUT2D eigenvalue weighted by Crippen LogP contribution is -2.33. The van der Waals surface area contributed by atoms with E-state index >= 15 is 0 Å². The number of carbonyl (C=O) groups excluding carboxylic acids is 1. The maximum Gasteiger partial charge on any atom is 0.265 e. The first-order chi connectivity index (χ1) is 7.54. The molecule has 1 heterocycles. The summed E-state index contributed by atoms with van der Waals surface area (Å²) in [5, 5.41) is 0.698. The molecule has 1 amide bonds. The maximum atomic E-state index is 11.9. The number of rotatable bonds is 5. The van der Waals surface area contributed by atoms with Gasteiger partial charge in [0.15, 0.2) is 0 Å². The maximum absolute atomic E-state index is 11.9. The number of alkyl halides is 1. The van der Waals surface area contributed by atoms with Crippen LogP contribution in [0.25, 0.3) is 0 Å². The molecule has 90 valence electrons. The summed E-state index contributed by atoms with van der Waals surface area (Å²) in [6.45, 7) is 2.77. The van der Waals surface area contributed by atoms with Crippen LogP contribution in [0.3, 0.4) is 0 Å². The summed E-state index contributed by atoms with van der Waals surface area (Å²) in [4.78, 5) is 18.2. The van der Waals surface area contributed by atoms with E-state index in [1.54, 1.807) is 25.3 Å². The minimum absolute atomic E-state index is 0.0487. The molecular weight excluding hydrogens is 248 g/mol. The van der Waals surface area contributed by atoms with E-state index in [0.717, 1.165) is 5.01 Å². The largest absolute Gasteiger partial charge is 0.383 e. The zero-order chi connectivity index (χ0) is 12.1. The molecule has 1 aromatic rings. The van der Waals surface area contributed by atoms with Gasteiger partial charge in [0.25, 0.3) is 5.91 Å². The number of hydrogen-bond acceptors (Lipinski definition) is 4. The summed E-state index contributed by atoms with van der Waals surface area (Å²) in [5.74, 6) is -0.0487. The van der Waals surface area contributed by atoms with Gasteiger partial charge < -0.3 is 9.64 Å². The van der Waals surface area contributed by atoms with Gasteiger partial charge in [-0.25, -0.2) is 4.98 Å². The third-order valence-corrected chi connectivity index (χ3v) is 3.16. The highest BCUT2D eigenvalue weighted by Gasteiger charge is 2.17. The third kappa shape index (κ3) is 3.73. The van der Waals surface area contributed by atoms with Gasteiger partial charge in [0.2, 0.25) is 0 Å². The molecule has 0 aromatic carbocycles. The molecule has 6 heteroatoms. The molecule has 1 rings (SSSR count). The standard InChI is InChI=1S/C10H15ClN2O2S/c1-7-12-4-9(16-7)10(14)13(2)5-8(11)6-15-3/h4,8H,5-6H2,1-3H3. The first kappa shape index (κ1) is 13.4. The van der Waals surface area contributed by atoms with Crippen LogP contribution < -0.4 is 0 Å². The number of hydrogen-bond donors (Lipinski definition) is 0. The molecule has 0 saturated carbocycles. The van der Waals surface area contributed by atoms with Crippen molar-refractivity contribution in [3.8, 4) is 0 Å². The second-order valence-electron chi connectivity index (χ2n) is 3.48. The Hall–Kier alpha value is -0.650. The van der Waals surface area contributed by atoms with Gasteiger partial charge in [-0.05, 0) is 6.92 Å². The third-order valence-electron chi connectivity index (χ3n) is 2.00. The van der Waals surface area contributed by atoms with Gasteiger partial charge >= 0.3 is 0 Å². The van der Waals surface area contributed by atoms with Gasteiger partial charge in [-0.3, -0.25) is 4.79 Å². The van der Waals surface area contributed by atoms with Crippen LogP contribution in [0.2, 0.25) is 0 Å². The monoisotopic (exact) mass is 262 g/mol. The summed E-state index contributed by atoms with van der Waals surface area (Å²) in [6, 6.07) is 0. The Morgan fingerprint density at radius 2 is 2.44 bits per heavy atom. The molecular formula is C10H15ClN2O2S. The molecule has 0 aliphatic carbocycles. The molecule has 0 aliphatic rings. The fourth-order valence-corrected chi connectivity index (χ4v) is 2.37. The molecule has 0 bridgehead atoms. The van der Waals surface area contributed by atoms with Crippen LogP contribution in [0.5, 0.6) is 0 Å². The normalized spacial score (nSPS) is 12.5. The minimum atomic E-state index is -0.187. The van der Waals surface area contributed by atoms with Crippen molar-refractivity contribution < 1.29 is 9.53 Å². The summed E-state index contributed by atoms with van der Waals surface area (Å²) in [7, 11) is 3.31. The first-order valence-corrected chi connectivity index (χ1v) is 6.10. The number of aromatic nitrogens is 1. The smallest absolute Gasteiger partial charge is 0.265 e. The average Bonchev–Trinajstić information content (AvgIpc) is 2.64. The van der Waals surface area contributed by atoms with E-state index in [9.17, 15) is 4.79 Å². The molecule has 0 saturated heterocycles. The molecule has 4 nitrogen and oxygen atoms in total. The number of halogens is 1. The van der Waals surface area contributed by atoms with Crippen LogP contribution in [0.4, 0.5) is 0 Å². The zero-order valence-corrected chi connectivity index (χ0v) is 11.1. The summed E-state index contributed by atoms with van der Waals surface area (Å²) in [6.07, 6.45) is 1.60. The van der Waals surface area contributed by atoms with E-state index in [1.807, 2.05) is 6.92 Å². The molecule has 0 spiro atoms. The lowest BCUT2D eigenvalue weighted by molar-refractivity contribution is 0.0786. The Morgan fingerprint density at radius 1 is 1.75 bits per heavy atom.